The molecule has 0 bridgehead atoms. The van der Waals surface area contributed by atoms with Gasteiger partial charge in [0.2, 0.25) is 0 Å². The van der Waals surface area contributed by atoms with Crippen molar-refractivity contribution in [2.75, 3.05) is 0 Å². The third kappa shape index (κ3) is 3.84. The molecule has 2 aromatic rings. The van der Waals surface area contributed by atoms with E-state index in [-0.39, 0.29) is 27.7 Å². The van der Waals surface area contributed by atoms with Gasteiger partial charge in [-0.25, -0.2) is 0 Å². The monoisotopic (exact) mass is 371 g/mol. The number of allylic oxidation sites excluding steroid dienone is 1. The number of nitrogens with zero attached hydrogens (tertiary/aromatic N) is 1. The summed E-state index contributed by atoms with van der Waals surface area (Å²) in [4.78, 5) is 0. The van der Waals surface area contributed by atoms with Crippen molar-refractivity contribution in [3.8, 4) is 17.6 Å². The molecule has 1 aliphatic carbocycles. The maximum atomic E-state index is 9.78. The van der Waals surface area contributed by atoms with Crippen molar-refractivity contribution in [3.05, 3.63) is 70.7 Å². The summed E-state index contributed by atoms with van der Waals surface area (Å²) in [5.41, 5.74) is 0.946. The normalized spacial score (nSPS) is 21.7. The maximum absolute atomic E-state index is 9.78. The number of para-hydroxylation sites is 1. The average Bonchev–Trinajstić information content (AvgIpc) is 3.09. The minimum absolute atomic E-state index is 0.00822. The van der Waals surface area contributed by atoms with E-state index < -0.39 is 0 Å². The third-order valence-electron chi connectivity index (χ3n) is 5.00. The van der Waals surface area contributed by atoms with Crippen LogP contribution >= 0.6 is 23.2 Å². The van der Waals surface area contributed by atoms with Crippen molar-refractivity contribution in [2.45, 2.75) is 19.8 Å². The first kappa shape index (κ1) is 17.9. The fraction of sp³-hybridized carbons (Fsp3) is 0.286. The van der Waals surface area contributed by atoms with Gasteiger partial charge in [0.25, 0.3) is 0 Å². The summed E-state index contributed by atoms with van der Waals surface area (Å²) in [5.74, 6) is 1.64. The zero-order chi connectivity index (χ0) is 18.0. The van der Waals surface area contributed by atoms with Crippen LogP contribution < -0.4 is 4.74 Å². The molecule has 2 aromatic carbocycles. The smallest absolute Gasteiger partial charge is 0.127 e. The predicted octanol–water partition coefficient (Wildman–Crippen LogP) is 6.68. The van der Waals surface area contributed by atoms with Gasteiger partial charge < -0.3 is 4.74 Å². The second kappa shape index (κ2) is 7.12. The Kier molecular flexibility index (Phi) is 5.08. The van der Waals surface area contributed by atoms with Crippen LogP contribution in [0.4, 0.5) is 0 Å². The molecule has 0 spiro atoms. The van der Waals surface area contributed by atoms with Gasteiger partial charge in [-0.05, 0) is 47.1 Å². The van der Waals surface area contributed by atoms with E-state index in [1.807, 2.05) is 60.7 Å². The molecule has 1 fully saturated rings. The Morgan fingerprint density at radius 3 is 2.44 bits per heavy atom. The summed E-state index contributed by atoms with van der Waals surface area (Å²) in [6.45, 7) is 4.29. The first-order valence-electron chi connectivity index (χ1n) is 8.19. The SMILES string of the molecule is CC1(C)[C@H]([C@@H](C#N)c2cccc(Oc3ccccc3)c2)[C@@H]1C=C(Cl)Cl. The van der Waals surface area contributed by atoms with Crippen LogP contribution in [0.3, 0.4) is 0 Å². The lowest BCUT2D eigenvalue weighted by molar-refractivity contribution is 0.479. The lowest BCUT2D eigenvalue weighted by Gasteiger charge is -2.13. The first-order valence-corrected chi connectivity index (χ1v) is 8.94. The molecule has 2 nitrogen and oxygen atoms in total. The zero-order valence-electron chi connectivity index (χ0n) is 14.1. The second-order valence-electron chi connectivity index (χ2n) is 6.92. The molecule has 0 aromatic heterocycles. The van der Waals surface area contributed by atoms with Crippen LogP contribution in [0.5, 0.6) is 11.5 Å². The summed E-state index contributed by atoms with van der Waals surface area (Å²) in [6.07, 6.45) is 1.85. The third-order valence-corrected chi connectivity index (χ3v) is 5.25. The zero-order valence-corrected chi connectivity index (χ0v) is 15.6. The van der Waals surface area contributed by atoms with Gasteiger partial charge in [0.05, 0.1) is 12.0 Å². The number of hydrogen-bond acceptors (Lipinski definition) is 2. The van der Waals surface area contributed by atoms with Crippen LogP contribution in [0, 0.1) is 28.6 Å². The molecular formula is C21H19Cl2NO. The highest BCUT2D eigenvalue weighted by Gasteiger charge is 2.60. The van der Waals surface area contributed by atoms with Crippen molar-refractivity contribution in [3.63, 3.8) is 0 Å². The van der Waals surface area contributed by atoms with Gasteiger partial charge in [-0.15, -0.1) is 0 Å². The summed E-state index contributed by atoms with van der Waals surface area (Å²) < 4.78 is 6.16. The first-order chi connectivity index (χ1) is 11.9. The number of rotatable bonds is 5. The lowest BCUT2D eigenvalue weighted by atomic mass is 9.91. The average molecular weight is 372 g/mol. The van der Waals surface area contributed by atoms with E-state index >= 15 is 0 Å². The van der Waals surface area contributed by atoms with E-state index in [4.69, 9.17) is 27.9 Å². The Morgan fingerprint density at radius 2 is 1.80 bits per heavy atom. The lowest BCUT2D eigenvalue weighted by Crippen LogP contribution is -2.03. The van der Waals surface area contributed by atoms with Crippen molar-refractivity contribution < 1.29 is 4.74 Å². The van der Waals surface area contributed by atoms with Crippen LogP contribution in [0.2, 0.25) is 0 Å². The van der Waals surface area contributed by atoms with Gasteiger partial charge in [0, 0.05) is 0 Å². The molecule has 0 unspecified atom stereocenters. The summed E-state index contributed by atoms with van der Waals surface area (Å²) in [6, 6.07) is 19.8. The van der Waals surface area contributed by atoms with E-state index in [2.05, 4.69) is 19.9 Å². The number of benzene rings is 2. The van der Waals surface area contributed by atoms with Crippen molar-refractivity contribution in [1.82, 2.24) is 0 Å². The van der Waals surface area contributed by atoms with Gasteiger partial charge in [-0.1, -0.05) is 73.5 Å². The summed E-state index contributed by atoms with van der Waals surface area (Å²) in [5, 5.41) is 9.78. The quantitative estimate of drug-likeness (QED) is 0.587. The fourth-order valence-electron chi connectivity index (χ4n) is 3.57. The number of nitriles is 1. The molecule has 3 atom stereocenters. The van der Waals surface area contributed by atoms with Crippen molar-refractivity contribution in [1.29, 1.82) is 5.26 Å². The standard InChI is InChI=1S/C21H19Cl2NO/c1-21(2)18(12-19(22)23)20(21)17(13-24)14-7-6-10-16(11-14)25-15-8-4-3-5-9-15/h3-12,17-18,20H,1-2H3/t17-,18-,20+/m0/s1. The van der Waals surface area contributed by atoms with E-state index in [1.54, 1.807) is 0 Å². The highest BCUT2D eigenvalue weighted by molar-refractivity contribution is 6.55. The van der Waals surface area contributed by atoms with Crippen LogP contribution in [0.25, 0.3) is 0 Å². The van der Waals surface area contributed by atoms with Gasteiger partial charge in [0.15, 0.2) is 0 Å². The Hall–Kier alpha value is -1.95. The molecule has 0 heterocycles. The molecule has 0 N–H and O–H groups in total. The maximum Gasteiger partial charge on any atom is 0.127 e. The number of hydrogen-bond donors (Lipinski definition) is 0. The van der Waals surface area contributed by atoms with Gasteiger partial charge in [-0.3, -0.25) is 0 Å². The van der Waals surface area contributed by atoms with Crippen molar-refractivity contribution in [2.24, 2.45) is 17.3 Å². The van der Waals surface area contributed by atoms with E-state index in [0.29, 0.717) is 0 Å². The molecule has 4 heteroatoms. The largest absolute Gasteiger partial charge is 0.457 e. The molecule has 25 heavy (non-hydrogen) atoms. The molecule has 3 rings (SSSR count). The topological polar surface area (TPSA) is 33.0 Å². The van der Waals surface area contributed by atoms with Gasteiger partial charge in [-0.2, -0.15) is 5.26 Å². The van der Waals surface area contributed by atoms with Crippen LogP contribution in [-0.4, -0.2) is 0 Å². The van der Waals surface area contributed by atoms with Crippen LogP contribution in [0.1, 0.15) is 25.3 Å². The highest BCUT2D eigenvalue weighted by atomic mass is 35.5. The Balaban J connectivity index is 1.84. The highest BCUT2D eigenvalue weighted by Crippen LogP contribution is 2.65. The Labute approximate surface area is 158 Å². The van der Waals surface area contributed by atoms with Crippen molar-refractivity contribution >= 4 is 23.2 Å². The minimum atomic E-state index is -0.233. The molecule has 0 aliphatic heterocycles. The molecule has 1 saturated carbocycles. The van der Waals surface area contributed by atoms with Gasteiger partial charge in [0.1, 0.15) is 16.0 Å². The molecule has 0 radical (unpaired) electrons. The number of ether oxygens (including phenoxy) is 1. The summed E-state index contributed by atoms with van der Waals surface area (Å²) >= 11 is 11.7. The molecule has 1 aliphatic rings. The van der Waals surface area contributed by atoms with E-state index in [1.165, 1.54) is 0 Å². The number of halogens is 2. The predicted molar refractivity (Wildman–Crippen MR) is 102 cm³/mol. The Morgan fingerprint density at radius 1 is 1.12 bits per heavy atom. The van der Waals surface area contributed by atoms with E-state index in [9.17, 15) is 5.26 Å². The Bertz CT molecular complexity index is 819. The molecule has 0 amide bonds. The summed E-state index contributed by atoms with van der Waals surface area (Å²) in [7, 11) is 0. The van der Waals surface area contributed by atoms with Gasteiger partial charge >= 0.3 is 0 Å². The molecule has 128 valence electrons. The molecule has 0 saturated heterocycles. The van der Waals surface area contributed by atoms with Crippen LogP contribution in [0.15, 0.2) is 65.2 Å². The molecular weight excluding hydrogens is 353 g/mol. The fourth-order valence-corrected chi connectivity index (χ4v) is 3.84. The second-order valence-corrected chi connectivity index (χ2v) is 7.93. The minimum Gasteiger partial charge on any atom is -0.457 e. The van der Waals surface area contributed by atoms with E-state index in [0.717, 1.165) is 17.1 Å². The van der Waals surface area contributed by atoms with Crippen LogP contribution in [-0.2, 0) is 0 Å².